The largest absolute Gasteiger partial charge is 0.494 e. The molecule has 0 bridgehead atoms. The molecule has 0 aliphatic carbocycles. The minimum absolute atomic E-state index is 0.0740. The lowest BCUT2D eigenvalue weighted by atomic mass is 9.90. The third kappa shape index (κ3) is 5.07. The molecule has 132 valence electrons. The van der Waals surface area contributed by atoms with Gasteiger partial charge in [0.05, 0.1) is 19.1 Å². The third-order valence-electron chi connectivity index (χ3n) is 3.96. The molecule has 0 spiro atoms. The van der Waals surface area contributed by atoms with Crippen molar-refractivity contribution in [1.82, 2.24) is 0 Å². The molecule has 5 heteroatoms. The number of carbonyl (C=O) groups is 2. The van der Waals surface area contributed by atoms with Gasteiger partial charge in [-0.1, -0.05) is 11.6 Å². The molecule has 0 heterocycles. The van der Waals surface area contributed by atoms with Crippen molar-refractivity contribution in [2.75, 3.05) is 13.7 Å². The Kier molecular flexibility index (Phi) is 6.21. The number of ketones is 1. The van der Waals surface area contributed by atoms with E-state index in [1.54, 1.807) is 48.5 Å². The van der Waals surface area contributed by atoms with Crippen molar-refractivity contribution in [3.05, 3.63) is 64.7 Å². The van der Waals surface area contributed by atoms with Gasteiger partial charge >= 0.3 is 5.97 Å². The van der Waals surface area contributed by atoms with Gasteiger partial charge in [0.1, 0.15) is 5.75 Å². The SMILES string of the molecule is COC(=O)C(C)(C)CCOc1ccc(C(=O)c2ccc(Cl)cc2)cc1. The van der Waals surface area contributed by atoms with E-state index in [4.69, 9.17) is 21.1 Å². The second-order valence-corrected chi connectivity index (χ2v) is 6.77. The molecule has 0 aliphatic heterocycles. The van der Waals surface area contributed by atoms with Crippen molar-refractivity contribution in [3.8, 4) is 5.75 Å². The third-order valence-corrected chi connectivity index (χ3v) is 4.21. The van der Waals surface area contributed by atoms with Crippen LogP contribution in [0.2, 0.25) is 5.02 Å². The highest BCUT2D eigenvalue weighted by Crippen LogP contribution is 2.23. The Balaban J connectivity index is 1.95. The van der Waals surface area contributed by atoms with Gasteiger partial charge in [0.2, 0.25) is 0 Å². The quantitative estimate of drug-likeness (QED) is 0.537. The molecule has 0 saturated heterocycles. The van der Waals surface area contributed by atoms with Crippen LogP contribution in [0.5, 0.6) is 5.75 Å². The Bertz CT molecular complexity index is 733. The van der Waals surface area contributed by atoms with Crippen LogP contribution in [0.1, 0.15) is 36.2 Å². The lowest BCUT2D eigenvalue weighted by Gasteiger charge is -2.21. The molecule has 25 heavy (non-hydrogen) atoms. The standard InChI is InChI=1S/C20H21ClO4/c1-20(2,19(23)24-3)12-13-25-17-10-6-15(7-11-17)18(22)14-4-8-16(21)9-5-14/h4-11H,12-13H2,1-3H3. The van der Waals surface area contributed by atoms with Crippen molar-refractivity contribution in [1.29, 1.82) is 0 Å². The van der Waals surface area contributed by atoms with Gasteiger partial charge in [-0.25, -0.2) is 0 Å². The molecular weight excluding hydrogens is 340 g/mol. The van der Waals surface area contributed by atoms with E-state index in [0.717, 1.165) is 0 Å². The molecule has 0 saturated carbocycles. The summed E-state index contributed by atoms with van der Waals surface area (Å²) in [6, 6.07) is 13.7. The van der Waals surface area contributed by atoms with E-state index in [0.29, 0.717) is 34.9 Å². The van der Waals surface area contributed by atoms with Gasteiger partial charge in [0.15, 0.2) is 5.78 Å². The van der Waals surface area contributed by atoms with Crippen LogP contribution in [0, 0.1) is 5.41 Å². The van der Waals surface area contributed by atoms with Crippen molar-refractivity contribution < 1.29 is 19.1 Å². The Labute approximate surface area is 152 Å². The number of methoxy groups -OCH3 is 1. The van der Waals surface area contributed by atoms with Gasteiger partial charge in [0.25, 0.3) is 0 Å². The molecule has 0 N–H and O–H groups in total. The van der Waals surface area contributed by atoms with Crippen molar-refractivity contribution in [2.24, 2.45) is 5.41 Å². The van der Waals surface area contributed by atoms with Crippen LogP contribution in [0.4, 0.5) is 0 Å². The average Bonchev–Trinajstić information content (AvgIpc) is 2.61. The summed E-state index contributed by atoms with van der Waals surface area (Å²) < 4.78 is 10.4. The van der Waals surface area contributed by atoms with E-state index in [9.17, 15) is 9.59 Å². The molecule has 0 fully saturated rings. The molecule has 0 aliphatic rings. The predicted octanol–water partition coefficient (Wildman–Crippen LogP) is 4.54. The van der Waals surface area contributed by atoms with E-state index in [1.807, 2.05) is 13.8 Å². The molecule has 4 nitrogen and oxygen atoms in total. The van der Waals surface area contributed by atoms with Crippen LogP contribution in [-0.4, -0.2) is 25.5 Å². The second-order valence-electron chi connectivity index (χ2n) is 6.33. The van der Waals surface area contributed by atoms with E-state index in [1.165, 1.54) is 7.11 Å². The van der Waals surface area contributed by atoms with Gasteiger partial charge in [-0.15, -0.1) is 0 Å². The van der Waals surface area contributed by atoms with E-state index in [-0.39, 0.29) is 11.8 Å². The molecule has 2 aromatic carbocycles. The first kappa shape index (κ1) is 19.0. The fourth-order valence-electron chi connectivity index (χ4n) is 2.27. The Morgan fingerprint density at radius 1 is 0.960 bits per heavy atom. The number of hydrogen-bond donors (Lipinski definition) is 0. The summed E-state index contributed by atoms with van der Waals surface area (Å²) in [5.74, 6) is 0.309. The maximum absolute atomic E-state index is 12.4. The monoisotopic (exact) mass is 360 g/mol. The first-order valence-corrected chi connectivity index (χ1v) is 8.33. The highest BCUT2D eigenvalue weighted by atomic mass is 35.5. The zero-order chi connectivity index (χ0) is 18.4. The highest BCUT2D eigenvalue weighted by Gasteiger charge is 2.28. The fourth-order valence-corrected chi connectivity index (χ4v) is 2.40. The topological polar surface area (TPSA) is 52.6 Å². The first-order chi connectivity index (χ1) is 11.8. The zero-order valence-electron chi connectivity index (χ0n) is 14.5. The van der Waals surface area contributed by atoms with Crippen molar-refractivity contribution >= 4 is 23.4 Å². The van der Waals surface area contributed by atoms with E-state index < -0.39 is 5.41 Å². The number of benzene rings is 2. The van der Waals surface area contributed by atoms with Crippen molar-refractivity contribution in [3.63, 3.8) is 0 Å². The second kappa shape index (κ2) is 8.17. The average molecular weight is 361 g/mol. The number of hydrogen-bond acceptors (Lipinski definition) is 4. The lowest BCUT2D eigenvalue weighted by Crippen LogP contribution is -2.27. The Morgan fingerprint density at radius 2 is 1.48 bits per heavy atom. The van der Waals surface area contributed by atoms with Gasteiger partial charge in [0, 0.05) is 16.1 Å². The molecule has 0 radical (unpaired) electrons. The number of ether oxygens (including phenoxy) is 2. The molecule has 0 amide bonds. The van der Waals surface area contributed by atoms with Gasteiger partial charge in [-0.05, 0) is 68.8 Å². The normalized spacial score (nSPS) is 11.0. The van der Waals surface area contributed by atoms with Crippen LogP contribution in [0.25, 0.3) is 0 Å². The zero-order valence-corrected chi connectivity index (χ0v) is 15.3. The van der Waals surface area contributed by atoms with Crippen LogP contribution in [-0.2, 0) is 9.53 Å². The minimum Gasteiger partial charge on any atom is -0.494 e. The van der Waals surface area contributed by atoms with Crippen molar-refractivity contribution in [2.45, 2.75) is 20.3 Å². The van der Waals surface area contributed by atoms with Gasteiger partial charge in [-0.2, -0.15) is 0 Å². The molecule has 0 unspecified atom stereocenters. The number of rotatable bonds is 7. The number of esters is 1. The Morgan fingerprint density at radius 3 is 2.00 bits per heavy atom. The summed E-state index contributed by atoms with van der Waals surface area (Å²) in [4.78, 5) is 24.0. The lowest BCUT2D eigenvalue weighted by molar-refractivity contribution is -0.151. The number of carbonyl (C=O) groups excluding carboxylic acids is 2. The van der Waals surface area contributed by atoms with Crippen LogP contribution in [0.15, 0.2) is 48.5 Å². The summed E-state index contributed by atoms with van der Waals surface area (Å²) in [5.41, 5.74) is 0.557. The predicted molar refractivity (Wildman–Crippen MR) is 97.2 cm³/mol. The maximum Gasteiger partial charge on any atom is 0.311 e. The first-order valence-electron chi connectivity index (χ1n) is 7.95. The van der Waals surface area contributed by atoms with Crippen LogP contribution >= 0.6 is 11.6 Å². The summed E-state index contributed by atoms with van der Waals surface area (Å²) >= 11 is 5.84. The van der Waals surface area contributed by atoms with E-state index >= 15 is 0 Å². The molecule has 0 aromatic heterocycles. The van der Waals surface area contributed by atoms with Gasteiger partial charge < -0.3 is 9.47 Å². The number of halogens is 1. The molecule has 0 atom stereocenters. The smallest absolute Gasteiger partial charge is 0.311 e. The van der Waals surface area contributed by atoms with Crippen LogP contribution in [0.3, 0.4) is 0 Å². The van der Waals surface area contributed by atoms with E-state index in [2.05, 4.69) is 0 Å². The summed E-state index contributed by atoms with van der Waals surface area (Å²) in [7, 11) is 1.38. The minimum atomic E-state index is -0.598. The molecule has 2 aromatic rings. The Hall–Kier alpha value is -2.33. The van der Waals surface area contributed by atoms with Gasteiger partial charge in [-0.3, -0.25) is 9.59 Å². The molecular formula is C20H21ClO4. The van der Waals surface area contributed by atoms with Crippen LogP contribution < -0.4 is 4.74 Å². The summed E-state index contributed by atoms with van der Waals surface area (Å²) in [5, 5.41) is 0.593. The summed E-state index contributed by atoms with van der Waals surface area (Å²) in [6.07, 6.45) is 0.533. The maximum atomic E-state index is 12.4. The highest BCUT2D eigenvalue weighted by molar-refractivity contribution is 6.30. The summed E-state index contributed by atoms with van der Waals surface area (Å²) in [6.45, 7) is 4.01. The molecule has 2 rings (SSSR count). The fraction of sp³-hybridized carbons (Fsp3) is 0.300.